The number of methoxy groups -OCH3 is 1. The van der Waals surface area contributed by atoms with Crippen LogP contribution in [0.1, 0.15) is 5.56 Å². The zero-order chi connectivity index (χ0) is 12.3. The predicted molar refractivity (Wildman–Crippen MR) is 71.9 cm³/mol. The van der Waals surface area contributed by atoms with Crippen molar-refractivity contribution in [2.75, 3.05) is 18.2 Å². The lowest BCUT2D eigenvalue weighted by molar-refractivity contribution is 0.415. The number of nitrogens with one attached hydrogen (secondary N) is 1. The van der Waals surface area contributed by atoms with E-state index in [1.54, 1.807) is 7.11 Å². The van der Waals surface area contributed by atoms with Crippen LogP contribution in [-0.2, 0) is 0 Å². The summed E-state index contributed by atoms with van der Waals surface area (Å²) in [5, 5.41) is 3.28. The Morgan fingerprint density at radius 2 is 1.94 bits per heavy atom. The van der Waals surface area contributed by atoms with Crippen LogP contribution in [-0.4, -0.2) is 7.11 Å². The maximum atomic E-state index is 5.91. The molecule has 0 unspecified atom stereocenters. The van der Waals surface area contributed by atoms with Gasteiger partial charge in [-0.05, 0) is 36.8 Å². The maximum Gasteiger partial charge on any atom is 0.120 e. The summed E-state index contributed by atoms with van der Waals surface area (Å²) in [6.07, 6.45) is 0. The van der Waals surface area contributed by atoms with Crippen LogP contribution < -0.4 is 15.8 Å². The van der Waals surface area contributed by atoms with Crippen LogP contribution in [0.5, 0.6) is 5.75 Å². The molecule has 3 heteroatoms. The minimum absolute atomic E-state index is 0.735. The van der Waals surface area contributed by atoms with Crippen molar-refractivity contribution in [2.24, 2.45) is 0 Å². The number of benzene rings is 2. The van der Waals surface area contributed by atoms with Gasteiger partial charge in [0, 0.05) is 11.8 Å². The number of anilines is 3. The summed E-state index contributed by atoms with van der Waals surface area (Å²) >= 11 is 0. The van der Waals surface area contributed by atoms with Gasteiger partial charge in [0.1, 0.15) is 5.75 Å². The second-order valence-corrected chi connectivity index (χ2v) is 3.95. The molecule has 0 fully saturated rings. The van der Waals surface area contributed by atoms with Gasteiger partial charge in [0.15, 0.2) is 0 Å². The van der Waals surface area contributed by atoms with E-state index in [2.05, 4.69) is 5.32 Å². The third-order valence-corrected chi connectivity index (χ3v) is 2.56. The fourth-order valence-corrected chi connectivity index (χ4v) is 1.63. The highest BCUT2D eigenvalue weighted by molar-refractivity contribution is 5.73. The number of ether oxygens (including phenoxy) is 1. The molecule has 0 amide bonds. The first-order chi connectivity index (χ1) is 8.19. The quantitative estimate of drug-likeness (QED) is 0.792. The maximum absolute atomic E-state index is 5.91. The van der Waals surface area contributed by atoms with E-state index >= 15 is 0 Å². The van der Waals surface area contributed by atoms with E-state index in [1.165, 1.54) is 5.56 Å². The number of rotatable bonds is 3. The molecule has 2 rings (SSSR count). The summed E-state index contributed by atoms with van der Waals surface area (Å²) in [7, 11) is 1.65. The van der Waals surface area contributed by atoms with Gasteiger partial charge in [0.2, 0.25) is 0 Å². The topological polar surface area (TPSA) is 47.3 Å². The Labute approximate surface area is 101 Å². The summed E-state index contributed by atoms with van der Waals surface area (Å²) in [5.41, 5.74) is 9.69. The zero-order valence-corrected chi connectivity index (χ0v) is 10.0. The Kier molecular flexibility index (Phi) is 3.19. The highest BCUT2D eigenvalue weighted by Gasteiger charge is 2.01. The lowest BCUT2D eigenvalue weighted by Gasteiger charge is -2.11. The van der Waals surface area contributed by atoms with Gasteiger partial charge in [0.25, 0.3) is 0 Å². The first-order valence-electron chi connectivity index (χ1n) is 5.46. The minimum Gasteiger partial charge on any atom is -0.497 e. The van der Waals surface area contributed by atoms with E-state index in [-0.39, 0.29) is 0 Å². The largest absolute Gasteiger partial charge is 0.497 e. The Bertz CT molecular complexity index is 523. The van der Waals surface area contributed by atoms with Crippen LogP contribution in [0.2, 0.25) is 0 Å². The molecule has 88 valence electrons. The van der Waals surface area contributed by atoms with Crippen LogP contribution in [0.3, 0.4) is 0 Å². The summed E-state index contributed by atoms with van der Waals surface area (Å²) < 4.78 is 5.18. The molecule has 2 aromatic carbocycles. The molecule has 0 aliphatic rings. The molecule has 0 bridgehead atoms. The van der Waals surface area contributed by atoms with Gasteiger partial charge in [-0.3, -0.25) is 0 Å². The summed E-state index contributed by atoms with van der Waals surface area (Å²) in [6.45, 7) is 2.04. The highest BCUT2D eigenvalue weighted by Crippen LogP contribution is 2.26. The van der Waals surface area contributed by atoms with Crippen molar-refractivity contribution in [3.8, 4) is 5.75 Å². The van der Waals surface area contributed by atoms with Gasteiger partial charge < -0.3 is 15.8 Å². The van der Waals surface area contributed by atoms with Crippen LogP contribution in [0, 0.1) is 6.92 Å². The van der Waals surface area contributed by atoms with E-state index in [4.69, 9.17) is 10.5 Å². The Morgan fingerprint density at radius 3 is 2.71 bits per heavy atom. The number of nitrogen functional groups attached to an aromatic ring is 1. The molecule has 0 aliphatic heterocycles. The Balaban J connectivity index is 2.27. The predicted octanol–water partition coefficient (Wildman–Crippen LogP) is 3.33. The normalized spacial score (nSPS) is 10.0. The number of aryl methyl sites for hydroxylation is 1. The van der Waals surface area contributed by atoms with Crippen molar-refractivity contribution in [3.05, 3.63) is 48.0 Å². The van der Waals surface area contributed by atoms with Gasteiger partial charge in [-0.2, -0.15) is 0 Å². The second kappa shape index (κ2) is 4.78. The van der Waals surface area contributed by atoms with E-state index in [0.717, 1.165) is 22.8 Å². The lowest BCUT2D eigenvalue weighted by Crippen LogP contribution is -1.97. The fourth-order valence-electron chi connectivity index (χ4n) is 1.63. The molecule has 0 aliphatic carbocycles. The zero-order valence-electron chi connectivity index (χ0n) is 10.0. The first kappa shape index (κ1) is 11.3. The molecule has 0 heterocycles. The second-order valence-electron chi connectivity index (χ2n) is 3.95. The Hall–Kier alpha value is -2.16. The molecule has 0 saturated carbocycles. The molecule has 3 nitrogen and oxygen atoms in total. The number of hydrogen-bond donors (Lipinski definition) is 2. The van der Waals surface area contributed by atoms with Crippen molar-refractivity contribution in [3.63, 3.8) is 0 Å². The molecule has 17 heavy (non-hydrogen) atoms. The molecule has 0 saturated heterocycles. The van der Waals surface area contributed by atoms with E-state index in [9.17, 15) is 0 Å². The monoisotopic (exact) mass is 228 g/mol. The third kappa shape index (κ3) is 2.69. The molecule has 0 atom stereocenters. The molecule has 0 aromatic heterocycles. The molecule has 2 aromatic rings. The number of hydrogen-bond acceptors (Lipinski definition) is 3. The molecule has 0 spiro atoms. The average Bonchev–Trinajstić information content (AvgIpc) is 2.34. The molecule has 3 N–H and O–H groups in total. The van der Waals surface area contributed by atoms with Crippen molar-refractivity contribution in [1.82, 2.24) is 0 Å². The molecular weight excluding hydrogens is 212 g/mol. The summed E-state index contributed by atoms with van der Waals surface area (Å²) in [5.74, 6) is 0.821. The lowest BCUT2D eigenvalue weighted by atomic mass is 10.2. The summed E-state index contributed by atoms with van der Waals surface area (Å²) in [6, 6.07) is 13.7. The molecular formula is C14H16N2O. The van der Waals surface area contributed by atoms with Gasteiger partial charge >= 0.3 is 0 Å². The number of nitrogens with two attached hydrogens (primary N) is 1. The smallest absolute Gasteiger partial charge is 0.120 e. The van der Waals surface area contributed by atoms with Gasteiger partial charge in [-0.1, -0.05) is 12.1 Å². The SMILES string of the molecule is COc1cccc(Nc2cc(C)ccc2N)c1. The third-order valence-electron chi connectivity index (χ3n) is 2.56. The van der Waals surface area contributed by atoms with Crippen LogP contribution in [0.15, 0.2) is 42.5 Å². The van der Waals surface area contributed by atoms with Crippen LogP contribution >= 0.6 is 0 Å². The van der Waals surface area contributed by atoms with Gasteiger partial charge in [-0.25, -0.2) is 0 Å². The van der Waals surface area contributed by atoms with Crippen LogP contribution in [0.4, 0.5) is 17.1 Å². The summed E-state index contributed by atoms with van der Waals surface area (Å²) in [4.78, 5) is 0. The van der Waals surface area contributed by atoms with Crippen molar-refractivity contribution < 1.29 is 4.74 Å². The van der Waals surface area contributed by atoms with Crippen LogP contribution in [0.25, 0.3) is 0 Å². The van der Waals surface area contributed by atoms with Gasteiger partial charge in [-0.15, -0.1) is 0 Å². The van der Waals surface area contributed by atoms with Crippen molar-refractivity contribution in [1.29, 1.82) is 0 Å². The molecule has 0 radical (unpaired) electrons. The standard InChI is InChI=1S/C14H16N2O/c1-10-6-7-13(15)14(8-10)16-11-4-3-5-12(9-11)17-2/h3-9,16H,15H2,1-2H3. The van der Waals surface area contributed by atoms with Gasteiger partial charge in [0.05, 0.1) is 18.5 Å². The fraction of sp³-hybridized carbons (Fsp3) is 0.143. The Morgan fingerprint density at radius 1 is 1.12 bits per heavy atom. The van der Waals surface area contributed by atoms with Crippen molar-refractivity contribution >= 4 is 17.1 Å². The minimum atomic E-state index is 0.735. The van der Waals surface area contributed by atoms with E-state index < -0.39 is 0 Å². The highest BCUT2D eigenvalue weighted by atomic mass is 16.5. The first-order valence-corrected chi connectivity index (χ1v) is 5.46. The van der Waals surface area contributed by atoms with Crippen molar-refractivity contribution in [2.45, 2.75) is 6.92 Å². The van der Waals surface area contributed by atoms with E-state index in [0.29, 0.717) is 0 Å². The van der Waals surface area contributed by atoms with E-state index in [1.807, 2.05) is 49.4 Å². The average molecular weight is 228 g/mol.